The van der Waals surface area contributed by atoms with Gasteiger partial charge >= 0.3 is 0 Å². The Morgan fingerprint density at radius 1 is 0.971 bits per heavy atom. The first-order valence-corrected chi connectivity index (χ1v) is 11.6. The van der Waals surface area contributed by atoms with Crippen molar-refractivity contribution in [2.45, 2.75) is 6.92 Å². The van der Waals surface area contributed by atoms with Gasteiger partial charge in [0.25, 0.3) is 0 Å². The number of piperazine rings is 1. The van der Waals surface area contributed by atoms with Gasteiger partial charge < -0.3 is 15.5 Å². The maximum Gasteiger partial charge on any atom is 0.227 e. The molecule has 4 aromatic rings. The molecule has 1 aliphatic heterocycles. The van der Waals surface area contributed by atoms with Crippen molar-refractivity contribution in [3.05, 3.63) is 90.8 Å². The van der Waals surface area contributed by atoms with E-state index in [1.54, 1.807) is 6.20 Å². The molecular formula is C28H28N6. The largest absolute Gasteiger partial charge is 0.369 e. The molecule has 0 atom stereocenters. The summed E-state index contributed by atoms with van der Waals surface area (Å²) in [7, 11) is 0. The van der Waals surface area contributed by atoms with Gasteiger partial charge in [-0.3, -0.25) is 4.98 Å². The molecule has 0 amide bonds. The molecule has 1 fully saturated rings. The van der Waals surface area contributed by atoms with Crippen molar-refractivity contribution >= 4 is 23.4 Å². The number of aryl methyl sites for hydroxylation is 1. The van der Waals surface area contributed by atoms with E-state index in [9.17, 15) is 0 Å². The first-order valence-electron chi connectivity index (χ1n) is 11.6. The molecule has 0 unspecified atom stereocenters. The van der Waals surface area contributed by atoms with Crippen molar-refractivity contribution in [1.29, 1.82) is 0 Å². The Kier molecular flexibility index (Phi) is 6.31. The summed E-state index contributed by atoms with van der Waals surface area (Å²) in [6.07, 6.45) is 5.47. The van der Waals surface area contributed by atoms with E-state index in [4.69, 9.17) is 4.98 Å². The van der Waals surface area contributed by atoms with Crippen LogP contribution < -0.4 is 15.5 Å². The number of hydrogen-bond acceptors (Lipinski definition) is 6. The molecule has 0 bridgehead atoms. The first kappa shape index (κ1) is 21.8. The number of nitrogens with one attached hydrogen (secondary N) is 2. The molecule has 6 heteroatoms. The Morgan fingerprint density at radius 3 is 2.56 bits per heavy atom. The van der Waals surface area contributed by atoms with Gasteiger partial charge in [0.15, 0.2) is 0 Å². The Hall–Kier alpha value is -4.03. The Labute approximate surface area is 200 Å². The third-order valence-electron chi connectivity index (χ3n) is 6.11. The van der Waals surface area contributed by atoms with Gasteiger partial charge in [0.1, 0.15) is 0 Å². The van der Waals surface area contributed by atoms with Crippen LogP contribution in [0.15, 0.2) is 79.6 Å². The topological polar surface area (TPSA) is 66.0 Å². The van der Waals surface area contributed by atoms with Gasteiger partial charge in [-0.1, -0.05) is 24.8 Å². The lowest BCUT2D eigenvalue weighted by molar-refractivity contribution is 0.589. The van der Waals surface area contributed by atoms with Crippen LogP contribution >= 0.6 is 0 Å². The minimum absolute atomic E-state index is 0.556. The van der Waals surface area contributed by atoms with Crippen LogP contribution in [-0.2, 0) is 0 Å². The molecule has 0 radical (unpaired) electrons. The summed E-state index contributed by atoms with van der Waals surface area (Å²) in [4.78, 5) is 16.3. The molecule has 3 heterocycles. The van der Waals surface area contributed by atoms with E-state index in [1.165, 1.54) is 11.3 Å². The second kappa shape index (κ2) is 9.85. The van der Waals surface area contributed by atoms with E-state index in [2.05, 4.69) is 81.5 Å². The monoisotopic (exact) mass is 448 g/mol. The van der Waals surface area contributed by atoms with Crippen LogP contribution in [0, 0.1) is 6.92 Å². The van der Waals surface area contributed by atoms with Crippen molar-refractivity contribution in [3.63, 3.8) is 0 Å². The lowest BCUT2D eigenvalue weighted by Crippen LogP contribution is -2.43. The summed E-state index contributed by atoms with van der Waals surface area (Å²) in [5.41, 5.74) is 8.21. The molecule has 0 spiro atoms. The number of pyridine rings is 1. The zero-order chi connectivity index (χ0) is 23.3. The van der Waals surface area contributed by atoms with Crippen molar-refractivity contribution in [2.75, 3.05) is 36.4 Å². The zero-order valence-electron chi connectivity index (χ0n) is 19.3. The van der Waals surface area contributed by atoms with Gasteiger partial charge in [-0.25, -0.2) is 9.97 Å². The second-order valence-electron chi connectivity index (χ2n) is 8.35. The minimum atomic E-state index is 0.556. The van der Waals surface area contributed by atoms with E-state index in [0.717, 1.165) is 59.9 Å². The molecule has 5 rings (SSSR count). The standard InChI is InChI=1S/C28H28N6/c1-3-21-6-7-22(19-20(21)2)27-25(5-4-13-30-27)26-12-14-31-28(33-26)32-23-8-10-24(11-9-23)34-17-15-29-16-18-34/h3-14,19,29H,1,15-18H2,2H3,(H,31,32,33). The highest BCUT2D eigenvalue weighted by molar-refractivity contribution is 5.80. The normalized spacial score (nSPS) is 13.5. The second-order valence-corrected chi connectivity index (χ2v) is 8.35. The number of rotatable bonds is 6. The lowest BCUT2D eigenvalue weighted by atomic mass is 9.99. The number of aromatic nitrogens is 3. The zero-order valence-corrected chi connectivity index (χ0v) is 19.3. The molecule has 2 aromatic carbocycles. The summed E-state index contributed by atoms with van der Waals surface area (Å²) in [6.45, 7) is 10.1. The molecule has 6 nitrogen and oxygen atoms in total. The number of anilines is 3. The van der Waals surface area contributed by atoms with Gasteiger partial charge in [0, 0.05) is 61.1 Å². The molecule has 170 valence electrons. The van der Waals surface area contributed by atoms with Crippen LogP contribution in [0.25, 0.3) is 28.6 Å². The van der Waals surface area contributed by atoms with Crippen molar-refractivity contribution < 1.29 is 0 Å². The number of hydrogen-bond donors (Lipinski definition) is 2. The van der Waals surface area contributed by atoms with Crippen LogP contribution in [0.4, 0.5) is 17.3 Å². The van der Waals surface area contributed by atoms with Crippen LogP contribution in [0.3, 0.4) is 0 Å². The van der Waals surface area contributed by atoms with Gasteiger partial charge in [-0.05, 0) is 66.6 Å². The van der Waals surface area contributed by atoms with Crippen LogP contribution in [0.2, 0.25) is 0 Å². The first-order chi connectivity index (χ1) is 16.7. The highest BCUT2D eigenvalue weighted by atomic mass is 15.2. The molecule has 1 saturated heterocycles. The SMILES string of the molecule is C=Cc1ccc(-c2ncccc2-c2ccnc(Nc3ccc(N4CCNCC4)cc3)n2)cc1C. The summed E-state index contributed by atoms with van der Waals surface area (Å²) in [5.74, 6) is 0.556. The highest BCUT2D eigenvalue weighted by Crippen LogP contribution is 2.31. The molecule has 0 aliphatic carbocycles. The van der Waals surface area contributed by atoms with E-state index in [-0.39, 0.29) is 0 Å². The number of nitrogens with zero attached hydrogens (tertiary/aromatic N) is 4. The summed E-state index contributed by atoms with van der Waals surface area (Å²) < 4.78 is 0. The van der Waals surface area contributed by atoms with E-state index in [0.29, 0.717) is 5.95 Å². The van der Waals surface area contributed by atoms with Crippen molar-refractivity contribution in [2.24, 2.45) is 0 Å². The van der Waals surface area contributed by atoms with Crippen molar-refractivity contribution in [3.8, 4) is 22.5 Å². The summed E-state index contributed by atoms with van der Waals surface area (Å²) in [5, 5.41) is 6.73. The molecule has 0 saturated carbocycles. The van der Waals surface area contributed by atoms with Gasteiger partial charge in [0.05, 0.1) is 11.4 Å². The van der Waals surface area contributed by atoms with Gasteiger partial charge in [0.2, 0.25) is 5.95 Å². The molecular weight excluding hydrogens is 420 g/mol. The minimum Gasteiger partial charge on any atom is -0.369 e. The maximum atomic E-state index is 4.80. The van der Waals surface area contributed by atoms with E-state index < -0.39 is 0 Å². The molecule has 1 aliphatic rings. The average molecular weight is 449 g/mol. The predicted octanol–water partition coefficient (Wildman–Crippen LogP) is 5.31. The van der Waals surface area contributed by atoms with E-state index >= 15 is 0 Å². The van der Waals surface area contributed by atoms with Crippen LogP contribution in [0.1, 0.15) is 11.1 Å². The van der Waals surface area contributed by atoms with Crippen LogP contribution in [0.5, 0.6) is 0 Å². The third-order valence-corrected chi connectivity index (χ3v) is 6.11. The predicted molar refractivity (Wildman–Crippen MR) is 140 cm³/mol. The Bertz CT molecular complexity index is 1290. The molecule has 34 heavy (non-hydrogen) atoms. The molecule has 2 N–H and O–H groups in total. The third kappa shape index (κ3) is 4.67. The summed E-state index contributed by atoms with van der Waals surface area (Å²) >= 11 is 0. The quantitative estimate of drug-likeness (QED) is 0.417. The van der Waals surface area contributed by atoms with Crippen LogP contribution in [-0.4, -0.2) is 41.1 Å². The summed E-state index contributed by atoms with van der Waals surface area (Å²) in [6, 6.07) is 20.6. The fraction of sp³-hybridized carbons (Fsp3) is 0.179. The fourth-order valence-electron chi connectivity index (χ4n) is 4.27. The fourth-order valence-corrected chi connectivity index (χ4v) is 4.27. The smallest absolute Gasteiger partial charge is 0.227 e. The maximum absolute atomic E-state index is 4.80. The van der Waals surface area contributed by atoms with Gasteiger partial charge in [-0.15, -0.1) is 0 Å². The highest BCUT2D eigenvalue weighted by Gasteiger charge is 2.13. The van der Waals surface area contributed by atoms with E-state index in [1.807, 2.05) is 30.5 Å². The Balaban J connectivity index is 1.40. The average Bonchev–Trinajstić information content (AvgIpc) is 2.90. The van der Waals surface area contributed by atoms with Crippen molar-refractivity contribution in [1.82, 2.24) is 20.3 Å². The number of benzene rings is 2. The lowest BCUT2D eigenvalue weighted by Gasteiger charge is -2.29. The van der Waals surface area contributed by atoms with Gasteiger partial charge in [-0.2, -0.15) is 0 Å². The molecule has 2 aromatic heterocycles. The Morgan fingerprint density at radius 2 is 1.79 bits per heavy atom.